The lowest BCUT2D eigenvalue weighted by Gasteiger charge is -2.40. The van der Waals surface area contributed by atoms with Crippen molar-refractivity contribution < 1.29 is 14.6 Å². The standard InChI is InChI=1S/C23H30BrNO3/c1-16(2)18-6-10-22(11-7-18)28-15-21(26)14-25-12-13-27-23(17(25)3)19-4-8-20(24)9-5-19/h4-11,16-17,21,23,26H,12-15H2,1-3H3. The van der Waals surface area contributed by atoms with Crippen LogP contribution >= 0.6 is 15.9 Å². The van der Waals surface area contributed by atoms with Gasteiger partial charge in [-0.15, -0.1) is 0 Å². The number of nitrogens with zero attached hydrogens (tertiary/aromatic N) is 1. The molecule has 0 bridgehead atoms. The molecule has 28 heavy (non-hydrogen) atoms. The van der Waals surface area contributed by atoms with Crippen molar-refractivity contribution in [1.82, 2.24) is 4.90 Å². The quantitative estimate of drug-likeness (QED) is 0.663. The summed E-state index contributed by atoms with van der Waals surface area (Å²) in [4.78, 5) is 2.28. The van der Waals surface area contributed by atoms with Crippen LogP contribution in [0.4, 0.5) is 0 Å². The van der Waals surface area contributed by atoms with Crippen molar-refractivity contribution >= 4 is 15.9 Å². The molecule has 0 spiro atoms. The van der Waals surface area contributed by atoms with E-state index < -0.39 is 6.10 Å². The van der Waals surface area contributed by atoms with Gasteiger partial charge in [0, 0.05) is 23.6 Å². The minimum Gasteiger partial charge on any atom is -0.491 e. The molecule has 1 heterocycles. The Morgan fingerprint density at radius 1 is 1.14 bits per heavy atom. The number of halogens is 1. The molecule has 3 unspecified atom stereocenters. The van der Waals surface area contributed by atoms with Crippen molar-refractivity contribution in [2.45, 2.75) is 44.9 Å². The molecule has 1 aliphatic heterocycles. The Morgan fingerprint density at radius 3 is 2.46 bits per heavy atom. The summed E-state index contributed by atoms with van der Waals surface area (Å²) < 4.78 is 12.9. The van der Waals surface area contributed by atoms with E-state index in [2.05, 4.69) is 65.9 Å². The highest BCUT2D eigenvalue weighted by atomic mass is 79.9. The molecule has 1 N–H and O–H groups in total. The summed E-state index contributed by atoms with van der Waals surface area (Å²) >= 11 is 3.48. The molecule has 0 saturated carbocycles. The summed E-state index contributed by atoms with van der Waals surface area (Å²) in [5, 5.41) is 10.5. The summed E-state index contributed by atoms with van der Waals surface area (Å²) in [6.07, 6.45) is -0.533. The second-order valence-electron chi connectivity index (χ2n) is 7.77. The number of benzene rings is 2. The number of β-amino-alcohol motifs (C(OH)–C–C–N with tert-alkyl or cyclic N) is 1. The average Bonchev–Trinajstić information content (AvgIpc) is 2.69. The largest absolute Gasteiger partial charge is 0.491 e. The predicted molar refractivity (Wildman–Crippen MR) is 116 cm³/mol. The van der Waals surface area contributed by atoms with E-state index >= 15 is 0 Å². The van der Waals surface area contributed by atoms with E-state index in [1.165, 1.54) is 5.56 Å². The van der Waals surface area contributed by atoms with Gasteiger partial charge in [-0.25, -0.2) is 0 Å². The third kappa shape index (κ3) is 5.57. The number of morpholine rings is 1. The van der Waals surface area contributed by atoms with Crippen molar-refractivity contribution in [3.8, 4) is 5.75 Å². The van der Waals surface area contributed by atoms with Crippen molar-refractivity contribution in [1.29, 1.82) is 0 Å². The molecule has 4 nitrogen and oxygen atoms in total. The average molecular weight is 448 g/mol. The van der Waals surface area contributed by atoms with Crippen molar-refractivity contribution in [2.24, 2.45) is 0 Å². The summed E-state index contributed by atoms with van der Waals surface area (Å²) in [6.45, 7) is 8.83. The Bertz CT molecular complexity index is 733. The molecule has 0 aromatic heterocycles. The van der Waals surface area contributed by atoms with Crippen LogP contribution in [0.2, 0.25) is 0 Å². The third-order valence-electron chi connectivity index (χ3n) is 5.32. The number of ether oxygens (including phenoxy) is 2. The van der Waals surface area contributed by atoms with Crippen LogP contribution in [0.15, 0.2) is 53.0 Å². The minimum atomic E-state index is -0.545. The van der Waals surface area contributed by atoms with Gasteiger partial charge in [-0.3, -0.25) is 4.90 Å². The van der Waals surface area contributed by atoms with Gasteiger partial charge in [0.05, 0.1) is 12.7 Å². The first-order chi connectivity index (χ1) is 13.4. The molecule has 3 atom stereocenters. The first-order valence-corrected chi connectivity index (χ1v) is 10.7. The molecule has 0 aliphatic carbocycles. The molecule has 0 amide bonds. The fourth-order valence-corrected chi connectivity index (χ4v) is 3.85. The number of aliphatic hydroxyl groups excluding tert-OH is 1. The molecule has 0 radical (unpaired) electrons. The van der Waals surface area contributed by atoms with Crippen LogP contribution in [0.5, 0.6) is 5.75 Å². The van der Waals surface area contributed by atoms with E-state index in [0.717, 1.165) is 22.3 Å². The smallest absolute Gasteiger partial charge is 0.119 e. The molecule has 1 aliphatic rings. The van der Waals surface area contributed by atoms with Gasteiger partial charge in [0.25, 0.3) is 0 Å². The van der Waals surface area contributed by atoms with E-state index in [1.54, 1.807) is 0 Å². The van der Waals surface area contributed by atoms with Crippen LogP contribution in [0.3, 0.4) is 0 Å². The van der Waals surface area contributed by atoms with Crippen molar-refractivity contribution in [3.05, 3.63) is 64.1 Å². The number of aliphatic hydroxyl groups is 1. The lowest BCUT2D eigenvalue weighted by molar-refractivity contribution is -0.0804. The fraction of sp³-hybridized carbons (Fsp3) is 0.478. The van der Waals surface area contributed by atoms with Crippen LogP contribution in [0, 0.1) is 0 Å². The Labute approximate surface area is 176 Å². The van der Waals surface area contributed by atoms with Gasteiger partial charge in [-0.1, -0.05) is 54.0 Å². The molecule has 1 saturated heterocycles. The fourth-order valence-electron chi connectivity index (χ4n) is 3.58. The van der Waals surface area contributed by atoms with Gasteiger partial charge in [0.1, 0.15) is 18.5 Å². The van der Waals surface area contributed by atoms with E-state index in [9.17, 15) is 5.11 Å². The van der Waals surface area contributed by atoms with Gasteiger partial charge in [-0.2, -0.15) is 0 Å². The SMILES string of the molecule is CC(C)c1ccc(OCC(O)CN2CCOC(c3ccc(Br)cc3)C2C)cc1. The van der Waals surface area contributed by atoms with E-state index in [4.69, 9.17) is 9.47 Å². The molecular weight excluding hydrogens is 418 g/mol. The summed E-state index contributed by atoms with van der Waals surface area (Å²) in [6, 6.07) is 16.6. The lowest BCUT2D eigenvalue weighted by Crippen LogP contribution is -2.49. The minimum absolute atomic E-state index is 0.0125. The van der Waals surface area contributed by atoms with Crippen LogP contribution in [-0.2, 0) is 4.74 Å². The number of rotatable bonds is 7. The van der Waals surface area contributed by atoms with Gasteiger partial charge in [-0.05, 0) is 48.2 Å². The Balaban J connectivity index is 1.52. The Kier molecular flexibility index (Phi) is 7.52. The van der Waals surface area contributed by atoms with Gasteiger partial charge in [0.15, 0.2) is 0 Å². The predicted octanol–water partition coefficient (Wildman–Crippen LogP) is 4.77. The van der Waals surface area contributed by atoms with Crippen LogP contribution in [0.1, 0.15) is 43.9 Å². The molecule has 2 aromatic carbocycles. The highest BCUT2D eigenvalue weighted by molar-refractivity contribution is 9.10. The summed E-state index contributed by atoms with van der Waals surface area (Å²) in [5.41, 5.74) is 2.45. The highest BCUT2D eigenvalue weighted by Gasteiger charge is 2.31. The molecular formula is C23H30BrNO3. The van der Waals surface area contributed by atoms with Gasteiger partial charge in [0.2, 0.25) is 0 Å². The number of hydrogen-bond acceptors (Lipinski definition) is 4. The van der Waals surface area contributed by atoms with E-state index in [0.29, 0.717) is 19.1 Å². The maximum absolute atomic E-state index is 10.5. The summed E-state index contributed by atoms with van der Waals surface area (Å²) in [5.74, 6) is 1.30. The summed E-state index contributed by atoms with van der Waals surface area (Å²) in [7, 11) is 0. The zero-order chi connectivity index (χ0) is 20.1. The lowest BCUT2D eigenvalue weighted by atomic mass is 10.0. The second kappa shape index (κ2) is 9.88. The zero-order valence-corrected chi connectivity index (χ0v) is 18.4. The Hall–Kier alpha value is -1.40. The zero-order valence-electron chi connectivity index (χ0n) is 16.8. The number of hydrogen-bond donors (Lipinski definition) is 1. The molecule has 2 aromatic rings. The van der Waals surface area contributed by atoms with E-state index in [-0.39, 0.29) is 18.8 Å². The molecule has 1 fully saturated rings. The van der Waals surface area contributed by atoms with Crippen molar-refractivity contribution in [3.63, 3.8) is 0 Å². The van der Waals surface area contributed by atoms with Gasteiger partial charge >= 0.3 is 0 Å². The topological polar surface area (TPSA) is 41.9 Å². The third-order valence-corrected chi connectivity index (χ3v) is 5.85. The van der Waals surface area contributed by atoms with Crippen LogP contribution < -0.4 is 4.74 Å². The maximum atomic E-state index is 10.5. The maximum Gasteiger partial charge on any atom is 0.119 e. The Morgan fingerprint density at radius 2 is 1.82 bits per heavy atom. The van der Waals surface area contributed by atoms with E-state index in [1.807, 2.05) is 24.3 Å². The first-order valence-electron chi connectivity index (χ1n) is 9.96. The normalized spacial score (nSPS) is 21.6. The molecule has 5 heteroatoms. The molecule has 3 rings (SSSR count). The van der Waals surface area contributed by atoms with Crippen LogP contribution in [-0.4, -0.2) is 48.5 Å². The van der Waals surface area contributed by atoms with Crippen molar-refractivity contribution in [2.75, 3.05) is 26.3 Å². The van der Waals surface area contributed by atoms with Gasteiger partial charge < -0.3 is 14.6 Å². The molecule has 152 valence electrons. The monoisotopic (exact) mass is 447 g/mol. The van der Waals surface area contributed by atoms with Crippen LogP contribution in [0.25, 0.3) is 0 Å². The first kappa shape index (κ1) is 21.3. The second-order valence-corrected chi connectivity index (χ2v) is 8.68. The highest BCUT2D eigenvalue weighted by Crippen LogP contribution is 2.29.